The molecule has 0 fully saturated rings. The molecule has 188 valence electrons. The largest absolute Gasteiger partial charge is 0.506 e. The van der Waals surface area contributed by atoms with E-state index in [4.69, 9.17) is 0 Å². The summed E-state index contributed by atoms with van der Waals surface area (Å²) in [6, 6.07) is 7.99. The van der Waals surface area contributed by atoms with E-state index >= 15 is 0 Å². The van der Waals surface area contributed by atoms with E-state index < -0.39 is 70.4 Å². The average molecular weight is 540 g/mol. The van der Waals surface area contributed by atoms with Gasteiger partial charge in [-0.3, -0.25) is 9.44 Å². The van der Waals surface area contributed by atoms with Gasteiger partial charge in [-0.2, -0.15) is 26.3 Å². The van der Waals surface area contributed by atoms with Crippen LogP contribution in [-0.2, 0) is 32.4 Å². The van der Waals surface area contributed by atoms with Crippen LogP contribution >= 0.6 is 0 Å². The standard InChI is InChI=1S/C20H14F6N2O5S2/c21-19(22,23)12-4-8-14(9-5-12)34(30,31)27-16-2-1-3-17(29)18(16)28-35(32,33)15-10-6-13(7-11-15)20(24,25)26/h1-11,27-29H. The Morgan fingerprint density at radius 1 is 0.600 bits per heavy atom. The normalized spacial score (nSPS) is 12.9. The highest BCUT2D eigenvalue weighted by atomic mass is 32.2. The van der Waals surface area contributed by atoms with Crippen molar-refractivity contribution in [2.24, 2.45) is 0 Å². The van der Waals surface area contributed by atoms with Crippen LogP contribution in [0.2, 0.25) is 0 Å². The third-order valence-electron chi connectivity index (χ3n) is 4.51. The predicted octanol–water partition coefficient (Wildman–Crippen LogP) is 5.03. The topological polar surface area (TPSA) is 113 Å². The highest BCUT2D eigenvalue weighted by molar-refractivity contribution is 7.93. The molecule has 0 radical (unpaired) electrons. The molecule has 3 N–H and O–H groups in total. The van der Waals surface area contributed by atoms with E-state index in [2.05, 4.69) is 0 Å². The Morgan fingerprint density at radius 2 is 1.00 bits per heavy atom. The Hall–Kier alpha value is -3.46. The summed E-state index contributed by atoms with van der Waals surface area (Å²) in [5, 5.41) is 10.1. The van der Waals surface area contributed by atoms with Gasteiger partial charge in [0, 0.05) is 0 Å². The second-order valence-corrected chi connectivity index (χ2v) is 10.3. The molecule has 0 spiro atoms. The van der Waals surface area contributed by atoms with Crippen LogP contribution in [0.5, 0.6) is 5.75 Å². The van der Waals surface area contributed by atoms with Gasteiger partial charge in [0.2, 0.25) is 0 Å². The number of para-hydroxylation sites is 1. The lowest BCUT2D eigenvalue weighted by atomic mass is 10.2. The minimum Gasteiger partial charge on any atom is -0.506 e. The zero-order chi connectivity index (χ0) is 26.2. The zero-order valence-electron chi connectivity index (χ0n) is 17.0. The third-order valence-corrected chi connectivity index (χ3v) is 7.25. The maximum Gasteiger partial charge on any atom is 0.416 e. The number of phenolic OH excluding ortho intramolecular Hbond substituents is 1. The Labute approximate surface area is 195 Å². The van der Waals surface area contributed by atoms with Crippen LogP contribution < -0.4 is 9.44 Å². The number of rotatable bonds is 6. The molecule has 0 atom stereocenters. The molecule has 0 aromatic heterocycles. The Kier molecular flexibility index (Phi) is 6.69. The van der Waals surface area contributed by atoms with Gasteiger partial charge in [0.1, 0.15) is 11.4 Å². The molecular weight excluding hydrogens is 526 g/mol. The molecule has 0 unspecified atom stereocenters. The first-order valence-electron chi connectivity index (χ1n) is 9.23. The lowest BCUT2D eigenvalue weighted by molar-refractivity contribution is -0.138. The van der Waals surface area contributed by atoms with E-state index in [9.17, 15) is 48.3 Å². The number of hydrogen-bond donors (Lipinski definition) is 3. The zero-order valence-corrected chi connectivity index (χ0v) is 18.6. The van der Waals surface area contributed by atoms with Gasteiger partial charge in [-0.25, -0.2) is 16.8 Å². The van der Waals surface area contributed by atoms with Gasteiger partial charge in [-0.05, 0) is 60.7 Å². The first-order valence-corrected chi connectivity index (χ1v) is 12.2. The maximum absolute atomic E-state index is 12.7. The van der Waals surface area contributed by atoms with Gasteiger partial charge in [0.15, 0.2) is 0 Å². The predicted molar refractivity (Wildman–Crippen MR) is 113 cm³/mol. The van der Waals surface area contributed by atoms with E-state index in [-0.39, 0.29) is 0 Å². The van der Waals surface area contributed by atoms with Gasteiger partial charge in [-0.15, -0.1) is 0 Å². The second kappa shape index (κ2) is 8.96. The quantitative estimate of drug-likeness (QED) is 0.300. The van der Waals surface area contributed by atoms with Crippen molar-refractivity contribution in [2.45, 2.75) is 22.1 Å². The van der Waals surface area contributed by atoms with Crippen LogP contribution in [0, 0.1) is 0 Å². The van der Waals surface area contributed by atoms with E-state index in [1.54, 1.807) is 0 Å². The molecule has 0 saturated carbocycles. The van der Waals surface area contributed by atoms with Crippen LogP contribution in [0.25, 0.3) is 0 Å². The number of phenols is 1. The van der Waals surface area contributed by atoms with E-state index in [1.165, 1.54) is 0 Å². The molecule has 3 aromatic carbocycles. The molecule has 3 rings (SSSR count). The van der Waals surface area contributed by atoms with Crippen molar-refractivity contribution in [3.05, 3.63) is 77.9 Å². The van der Waals surface area contributed by atoms with Crippen LogP contribution in [-0.4, -0.2) is 21.9 Å². The third kappa shape index (κ3) is 5.97. The molecule has 3 aromatic rings. The van der Waals surface area contributed by atoms with Crippen molar-refractivity contribution >= 4 is 31.4 Å². The minimum atomic E-state index is -4.71. The van der Waals surface area contributed by atoms with Gasteiger partial charge in [0.25, 0.3) is 20.0 Å². The highest BCUT2D eigenvalue weighted by Crippen LogP contribution is 2.36. The number of sulfonamides is 2. The second-order valence-electron chi connectivity index (χ2n) is 6.95. The summed E-state index contributed by atoms with van der Waals surface area (Å²) >= 11 is 0. The number of anilines is 2. The fourth-order valence-electron chi connectivity index (χ4n) is 2.78. The lowest BCUT2D eigenvalue weighted by Gasteiger charge is -2.16. The monoisotopic (exact) mass is 540 g/mol. The van der Waals surface area contributed by atoms with Crippen molar-refractivity contribution in [2.75, 3.05) is 9.44 Å². The molecule has 0 bridgehead atoms. The first kappa shape index (κ1) is 26.2. The smallest absolute Gasteiger partial charge is 0.416 e. The molecule has 7 nitrogen and oxygen atoms in total. The minimum absolute atomic E-state index is 0.500. The molecule has 0 saturated heterocycles. The van der Waals surface area contributed by atoms with Crippen molar-refractivity contribution in [1.29, 1.82) is 0 Å². The summed E-state index contributed by atoms with van der Waals surface area (Å²) < 4.78 is 131. The van der Waals surface area contributed by atoms with Gasteiger partial charge in [-0.1, -0.05) is 6.07 Å². The number of aromatic hydroxyl groups is 1. The van der Waals surface area contributed by atoms with Gasteiger partial charge < -0.3 is 5.11 Å². The summed E-state index contributed by atoms with van der Waals surface area (Å²) in [5.74, 6) is -0.742. The van der Waals surface area contributed by atoms with Gasteiger partial charge >= 0.3 is 12.4 Å². The maximum atomic E-state index is 12.7. The van der Waals surface area contributed by atoms with Crippen molar-refractivity contribution < 1.29 is 48.3 Å². The summed E-state index contributed by atoms with van der Waals surface area (Å²) in [5.41, 5.74) is -3.37. The van der Waals surface area contributed by atoms with Crippen LogP contribution in [0.3, 0.4) is 0 Å². The molecule has 0 aliphatic carbocycles. The highest BCUT2D eigenvalue weighted by Gasteiger charge is 2.32. The van der Waals surface area contributed by atoms with Crippen molar-refractivity contribution in [1.82, 2.24) is 0 Å². The Bertz CT molecular complexity index is 1440. The lowest BCUT2D eigenvalue weighted by Crippen LogP contribution is -2.18. The Morgan fingerprint density at radius 3 is 1.40 bits per heavy atom. The molecule has 0 aliphatic heterocycles. The molecule has 0 amide bonds. The number of nitrogens with one attached hydrogen (secondary N) is 2. The number of halogens is 6. The molecule has 35 heavy (non-hydrogen) atoms. The summed E-state index contributed by atoms with van der Waals surface area (Å²) in [6.07, 6.45) is -9.41. The number of benzene rings is 3. The van der Waals surface area contributed by atoms with Crippen molar-refractivity contribution in [3.63, 3.8) is 0 Å². The summed E-state index contributed by atoms with van der Waals surface area (Å²) in [4.78, 5) is -1.21. The SMILES string of the molecule is O=S(=O)(Nc1cccc(O)c1NS(=O)(=O)c1ccc(C(F)(F)F)cc1)c1ccc(C(F)(F)F)cc1. The Balaban J connectivity index is 1.93. The molecule has 0 aliphatic rings. The summed E-state index contributed by atoms with van der Waals surface area (Å²) in [6.45, 7) is 0. The van der Waals surface area contributed by atoms with E-state index in [1.807, 2.05) is 9.44 Å². The van der Waals surface area contributed by atoms with Crippen molar-refractivity contribution in [3.8, 4) is 5.75 Å². The van der Waals surface area contributed by atoms with Crippen LogP contribution in [0.15, 0.2) is 76.5 Å². The van der Waals surface area contributed by atoms with Crippen LogP contribution in [0.4, 0.5) is 37.7 Å². The number of hydrogen-bond acceptors (Lipinski definition) is 5. The van der Waals surface area contributed by atoms with E-state index in [0.29, 0.717) is 48.5 Å². The fourth-order valence-corrected chi connectivity index (χ4v) is 4.94. The number of alkyl halides is 6. The molecule has 15 heteroatoms. The van der Waals surface area contributed by atoms with Crippen LogP contribution in [0.1, 0.15) is 11.1 Å². The summed E-state index contributed by atoms with van der Waals surface area (Å²) in [7, 11) is -9.15. The fraction of sp³-hybridized carbons (Fsp3) is 0.100. The average Bonchev–Trinajstić information content (AvgIpc) is 2.75. The van der Waals surface area contributed by atoms with Gasteiger partial charge in [0.05, 0.1) is 26.6 Å². The molecule has 0 heterocycles. The first-order chi connectivity index (χ1) is 16.0. The molecular formula is C20H14F6N2O5S2. The van der Waals surface area contributed by atoms with E-state index in [0.717, 1.165) is 18.2 Å².